The van der Waals surface area contributed by atoms with Crippen LogP contribution in [0.25, 0.3) is 0 Å². The molecule has 4 aliphatic carbocycles. The van der Waals surface area contributed by atoms with Gasteiger partial charge in [0.1, 0.15) is 6.10 Å². The molecule has 4 aliphatic rings. The van der Waals surface area contributed by atoms with Crippen molar-refractivity contribution in [3.8, 4) is 5.88 Å². The van der Waals surface area contributed by atoms with Crippen LogP contribution in [0.5, 0.6) is 5.88 Å². The van der Waals surface area contributed by atoms with Gasteiger partial charge in [0.25, 0.3) is 0 Å². The molecule has 1 heterocycles. The van der Waals surface area contributed by atoms with Crippen molar-refractivity contribution in [2.24, 2.45) is 34.5 Å². The van der Waals surface area contributed by atoms with Crippen molar-refractivity contribution in [1.29, 1.82) is 0 Å². The van der Waals surface area contributed by atoms with Crippen LogP contribution < -0.4 is 4.74 Å². The van der Waals surface area contributed by atoms with Gasteiger partial charge in [0.05, 0.1) is 6.20 Å². The summed E-state index contributed by atoms with van der Waals surface area (Å²) in [7, 11) is 0. The van der Waals surface area contributed by atoms with Crippen molar-refractivity contribution >= 4 is 0 Å². The number of aromatic nitrogens is 2. The smallest absolute Gasteiger partial charge is 0.232 e. The van der Waals surface area contributed by atoms with Gasteiger partial charge >= 0.3 is 0 Å². The van der Waals surface area contributed by atoms with Gasteiger partial charge in [-0.3, -0.25) is 4.98 Å². The second-order valence-corrected chi connectivity index (χ2v) is 10.3. The molecule has 0 amide bonds. The molecule has 26 heavy (non-hydrogen) atoms. The molecule has 0 N–H and O–H groups in total. The standard InChI is InChI=1S/C23H34N2O/c1-22-9-3-4-19(22)18-6-5-16-14-17(26-21-15-24-12-13-25-21)7-11-23(16,2)20(18)8-10-22/h12-13,15-20H,3-11,14H2,1-2H3/t16-,17?,18-,19-,20-,22-,23-/m0/s1. The quantitative estimate of drug-likeness (QED) is 0.687. The van der Waals surface area contributed by atoms with Crippen molar-refractivity contribution < 1.29 is 4.74 Å². The molecule has 3 heteroatoms. The SMILES string of the molecule is C[C@@]12CCC[C@H]1[C@@H]1CC[C@H]3CC(Oc4cnccn4)CC[C@]3(C)[C@H]1CC2. The van der Waals surface area contributed by atoms with E-state index < -0.39 is 0 Å². The molecule has 0 aliphatic heterocycles. The summed E-state index contributed by atoms with van der Waals surface area (Å²) in [5.74, 6) is 4.54. The fourth-order valence-electron chi connectivity index (χ4n) is 7.84. The summed E-state index contributed by atoms with van der Waals surface area (Å²) < 4.78 is 6.20. The molecular weight excluding hydrogens is 320 g/mol. The Morgan fingerprint density at radius 3 is 2.73 bits per heavy atom. The van der Waals surface area contributed by atoms with E-state index in [9.17, 15) is 0 Å². The van der Waals surface area contributed by atoms with Gasteiger partial charge < -0.3 is 4.74 Å². The lowest BCUT2D eigenvalue weighted by molar-refractivity contribution is -0.118. The largest absolute Gasteiger partial charge is 0.473 e. The first-order valence-electron chi connectivity index (χ1n) is 11.0. The maximum absolute atomic E-state index is 6.20. The lowest BCUT2D eigenvalue weighted by Crippen LogP contribution is -2.53. The van der Waals surface area contributed by atoms with Gasteiger partial charge in [0.15, 0.2) is 0 Å². The summed E-state index contributed by atoms with van der Waals surface area (Å²) in [6.45, 7) is 5.26. The van der Waals surface area contributed by atoms with Crippen molar-refractivity contribution in [3.05, 3.63) is 18.6 Å². The van der Waals surface area contributed by atoms with E-state index in [-0.39, 0.29) is 0 Å². The van der Waals surface area contributed by atoms with Gasteiger partial charge in [-0.2, -0.15) is 0 Å². The molecule has 1 aromatic heterocycles. The molecule has 142 valence electrons. The van der Waals surface area contributed by atoms with Crippen LogP contribution in [-0.2, 0) is 0 Å². The maximum atomic E-state index is 6.20. The minimum Gasteiger partial charge on any atom is -0.473 e. The molecule has 0 spiro atoms. The number of ether oxygens (including phenoxy) is 1. The van der Waals surface area contributed by atoms with Crippen LogP contribution in [-0.4, -0.2) is 16.1 Å². The fourth-order valence-corrected chi connectivity index (χ4v) is 7.84. The minimum atomic E-state index is 0.335. The molecule has 4 saturated carbocycles. The zero-order valence-corrected chi connectivity index (χ0v) is 16.5. The first-order chi connectivity index (χ1) is 12.6. The first-order valence-corrected chi connectivity index (χ1v) is 11.0. The third kappa shape index (κ3) is 2.60. The normalized spacial score (nSPS) is 47.5. The van der Waals surface area contributed by atoms with Crippen molar-refractivity contribution in [2.75, 3.05) is 0 Å². The summed E-state index contributed by atoms with van der Waals surface area (Å²) >= 11 is 0. The Morgan fingerprint density at radius 2 is 1.88 bits per heavy atom. The van der Waals surface area contributed by atoms with E-state index in [4.69, 9.17) is 4.74 Å². The van der Waals surface area contributed by atoms with Gasteiger partial charge in [0.2, 0.25) is 5.88 Å². The van der Waals surface area contributed by atoms with Crippen LogP contribution in [0.1, 0.15) is 78.1 Å². The summed E-state index contributed by atoms with van der Waals surface area (Å²) in [4.78, 5) is 8.47. The Morgan fingerprint density at radius 1 is 0.962 bits per heavy atom. The lowest BCUT2D eigenvalue weighted by atomic mass is 9.45. The average Bonchev–Trinajstić information content (AvgIpc) is 3.05. The monoisotopic (exact) mass is 354 g/mol. The summed E-state index contributed by atoms with van der Waals surface area (Å²) in [5, 5.41) is 0. The van der Waals surface area contributed by atoms with E-state index in [0.29, 0.717) is 22.8 Å². The highest BCUT2D eigenvalue weighted by Crippen LogP contribution is 2.66. The topological polar surface area (TPSA) is 35.0 Å². The molecule has 3 nitrogen and oxygen atoms in total. The minimum absolute atomic E-state index is 0.335. The molecule has 1 unspecified atom stereocenters. The van der Waals surface area contributed by atoms with E-state index in [1.165, 1.54) is 64.2 Å². The molecular formula is C23H34N2O. The number of rotatable bonds is 2. The highest BCUT2D eigenvalue weighted by molar-refractivity contribution is 5.09. The summed E-state index contributed by atoms with van der Waals surface area (Å²) in [5.41, 5.74) is 1.23. The Bertz CT molecular complexity index is 649. The molecule has 4 fully saturated rings. The van der Waals surface area contributed by atoms with E-state index >= 15 is 0 Å². The van der Waals surface area contributed by atoms with Gasteiger partial charge in [-0.25, -0.2) is 4.98 Å². The van der Waals surface area contributed by atoms with Gasteiger partial charge in [-0.15, -0.1) is 0 Å². The Balaban J connectivity index is 1.31. The van der Waals surface area contributed by atoms with Gasteiger partial charge in [-0.05, 0) is 92.3 Å². The Kier molecular flexibility index (Phi) is 4.06. The first kappa shape index (κ1) is 17.0. The summed E-state index contributed by atoms with van der Waals surface area (Å²) in [6.07, 6.45) is 19.6. The predicted octanol–water partition coefficient (Wildman–Crippen LogP) is 5.66. The average molecular weight is 355 g/mol. The molecule has 0 radical (unpaired) electrons. The van der Waals surface area contributed by atoms with Crippen LogP contribution in [0.2, 0.25) is 0 Å². The van der Waals surface area contributed by atoms with Crippen LogP contribution in [0.15, 0.2) is 18.6 Å². The van der Waals surface area contributed by atoms with Crippen LogP contribution in [0.3, 0.4) is 0 Å². The van der Waals surface area contributed by atoms with Crippen molar-refractivity contribution in [2.45, 2.75) is 84.2 Å². The van der Waals surface area contributed by atoms with E-state index in [1.54, 1.807) is 18.6 Å². The molecule has 0 bridgehead atoms. The molecule has 0 saturated heterocycles. The van der Waals surface area contributed by atoms with E-state index in [1.807, 2.05) is 0 Å². The zero-order chi connectivity index (χ0) is 17.8. The fraction of sp³-hybridized carbons (Fsp3) is 0.826. The highest BCUT2D eigenvalue weighted by atomic mass is 16.5. The van der Waals surface area contributed by atoms with Crippen LogP contribution >= 0.6 is 0 Å². The molecule has 1 aromatic rings. The Hall–Kier alpha value is -1.12. The second-order valence-electron chi connectivity index (χ2n) is 10.3. The van der Waals surface area contributed by atoms with Crippen LogP contribution in [0.4, 0.5) is 0 Å². The molecule has 7 atom stereocenters. The highest BCUT2D eigenvalue weighted by Gasteiger charge is 2.57. The number of hydrogen-bond acceptors (Lipinski definition) is 3. The van der Waals surface area contributed by atoms with Gasteiger partial charge in [0, 0.05) is 12.4 Å². The zero-order valence-electron chi connectivity index (χ0n) is 16.5. The van der Waals surface area contributed by atoms with Gasteiger partial charge in [-0.1, -0.05) is 20.3 Å². The Labute approximate surface area is 158 Å². The lowest BCUT2D eigenvalue weighted by Gasteiger charge is -2.60. The van der Waals surface area contributed by atoms with E-state index in [0.717, 1.165) is 23.7 Å². The maximum Gasteiger partial charge on any atom is 0.232 e. The summed E-state index contributed by atoms with van der Waals surface area (Å²) in [6, 6.07) is 0. The number of nitrogens with zero attached hydrogens (tertiary/aromatic N) is 2. The van der Waals surface area contributed by atoms with Crippen molar-refractivity contribution in [1.82, 2.24) is 9.97 Å². The molecule has 5 rings (SSSR count). The third-order valence-electron chi connectivity index (χ3n) is 9.23. The third-order valence-corrected chi connectivity index (χ3v) is 9.23. The van der Waals surface area contributed by atoms with E-state index in [2.05, 4.69) is 23.8 Å². The van der Waals surface area contributed by atoms with Crippen LogP contribution in [0, 0.1) is 34.5 Å². The van der Waals surface area contributed by atoms with Crippen molar-refractivity contribution in [3.63, 3.8) is 0 Å². The predicted molar refractivity (Wildman–Crippen MR) is 103 cm³/mol. The number of fused-ring (bicyclic) bond motifs is 5. The second kappa shape index (κ2) is 6.21. The molecule has 0 aromatic carbocycles. The number of hydrogen-bond donors (Lipinski definition) is 0.